The van der Waals surface area contributed by atoms with Gasteiger partial charge in [-0.25, -0.2) is 0 Å². The van der Waals surface area contributed by atoms with E-state index < -0.39 is 0 Å². The van der Waals surface area contributed by atoms with Crippen molar-refractivity contribution in [2.75, 3.05) is 6.61 Å². The lowest BCUT2D eigenvalue weighted by Gasteiger charge is -2.34. The highest BCUT2D eigenvalue weighted by Gasteiger charge is 2.52. The number of rotatable bonds is 1. The first kappa shape index (κ1) is 4.80. The van der Waals surface area contributed by atoms with Crippen molar-refractivity contribution in [1.29, 1.82) is 0 Å². The van der Waals surface area contributed by atoms with Crippen LogP contribution in [0.15, 0.2) is 0 Å². The van der Waals surface area contributed by atoms with Gasteiger partial charge in [-0.3, -0.25) is 0 Å². The molecule has 0 atom stereocenters. The Morgan fingerprint density at radius 2 is 2.00 bits per heavy atom. The zero-order valence-corrected chi connectivity index (χ0v) is 5.06. The topological polar surface area (TPSA) is 20.2 Å². The summed E-state index contributed by atoms with van der Waals surface area (Å²) < 4.78 is 0. The van der Waals surface area contributed by atoms with Crippen molar-refractivity contribution in [3.8, 4) is 0 Å². The van der Waals surface area contributed by atoms with Gasteiger partial charge in [0.25, 0.3) is 0 Å². The van der Waals surface area contributed by atoms with Crippen molar-refractivity contribution in [3.63, 3.8) is 0 Å². The van der Waals surface area contributed by atoms with Gasteiger partial charge in [-0.05, 0) is 37.0 Å². The van der Waals surface area contributed by atoms with E-state index in [2.05, 4.69) is 0 Å². The Morgan fingerprint density at radius 1 is 1.38 bits per heavy atom. The maximum Gasteiger partial charge on any atom is 0.0459 e. The van der Waals surface area contributed by atoms with E-state index >= 15 is 0 Å². The molecule has 0 saturated heterocycles. The average Bonchev–Trinajstić information content (AvgIpc) is 2.38. The van der Waals surface area contributed by atoms with Gasteiger partial charge in [-0.15, -0.1) is 0 Å². The van der Waals surface area contributed by atoms with Gasteiger partial charge in [0.2, 0.25) is 0 Å². The van der Waals surface area contributed by atoms with Crippen LogP contribution in [0.25, 0.3) is 0 Å². The van der Waals surface area contributed by atoms with Crippen LogP contribution in [-0.4, -0.2) is 11.7 Å². The molecule has 0 amide bonds. The van der Waals surface area contributed by atoms with Gasteiger partial charge in [0.15, 0.2) is 0 Å². The van der Waals surface area contributed by atoms with Gasteiger partial charge in [0.05, 0.1) is 0 Å². The van der Waals surface area contributed by atoms with Crippen molar-refractivity contribution in [1.82, 2.24) is 0 Å². The van der Waals surface area contributed by atoms with Crippen molar-refractivity contribution in [2.45, 2.75) is 25.7 Å². The minimum Gasteiger partial charge on any atom is -0.396 e. The van der Waals surface area contributed by atoms with E-state index in [0.717, 1.165) is 5.41 Å². The quantitative estimate of drug-likeness (QED) is 0.540. The van der Waals surface area contributed by atoms with E-state index in [1.54, 1.807) is 0 Å². The lowest BCUT2D eigenvalue weighted by atomic mass is 9.72. The van der Waals surface area contributed by atoms with Gasteiger partial charge in [0, 0.05) is 6.61 Å². The molecule has 8 heavy (non-hydrogen) atoms. The maximum absolute atomic E-state index is 8.65. The monoisotopic (exact) mass is 112 g/mol. The molecule has 1 nitrogen and oxygen atoms in total. The minimum absolute atomic E-state index is 0.432. The van der Waals surface area contributed by atoms with E-state index in [0.29, 0.717) is 12.5 Å². The number of aliphatic hydroxyl groups excluding tert-OH is 1. The van der Waals surface area contributed by atoms with E-state index in [4.69, 9.17) is 5.11 Å². The molecule has 2 fully saturated rings. The summed E-state index contributed by atoms with van der Waals surface area (Å²) in [6.45, 7) is 0.432. The van der Waals surface area contributed by atoms with E-state index in [1.165, 1.54) is 25.7 Å². The second-order valence-electron chi connectivity index (χ2n) is 3.46. The molecule has 0 aromatic carbocycles. The zero-order chi connectivity index (χ0) is 5.61. The molecule has 0 bridgehead atoms. The van der Waals surface area contributed by atoms with E-state index in [-0.39, 0.29) is 0 Å². The fraction of sp³-hybridized carbons (Fsp3) is 1.00. The van der Waals surface area contributed by atoms with Crippen molar-refractivity contribution in [2.24, 2.45) is 11.3 Å². The van der Waals surface area contributed by atoms with Gasteiger partial charge in [-0.2, -0.15) is 0 Å². The van der Waals surface area contributed by atoms with Gasteiger partial charge in [-0.1, -0.05) is 0 Å². The van der Waals surface area contributed by atoms with Crippen LogP contribution in [0.2, 0.25) is 0 Å². The summed E-state index contributed by atoms with van der Waals surface area (Å²) in [6.07, 6.45) is 5.54. The average molecular weight is 112 g/mol. The van der Waals surface area contributed by atoms with Crippen LogP contribution in [0.5, 0.6) is 0 Å². The highest BCUT2D eigenvalue weighted by atomic mass is 16.3. The van der Waals surface area contributed by atoms with Crippen molar-refractivity contribution in [3.05, 3.63) is 0 Å². The molecule has 0 radical (unpaired) electrons. The zero-order valence-electron chi connectivity index (χ0n) is 5.06. The minimum atomic E-state index is 0.432. The molecule has 1 spiro atoms. The SMILES string of the molecule is OCC1CC2(CC2)C1. The van der Waals surface area contributed by atoms with Crippen LogP contribution >= 0.6 is 0 Å². The molecule has 2 aliphatic carbocycles. The van der Waals surface area contributed by atoms with Crippen LogP contribution in [0, 0.1) is 11.3 Å². The molecule has 2 saturated carbocycles. The number of hydrogen-bond acceptors (Lipinski definition) is 1. The van der Waals surface area contributed by atoms with Crippen LogP contribution in [0.3, 0.4) is 0 Å². The normalized spacial score (nSPS) is 32.6. The Bertz CT molecular complexity index is 97.0. The van der Waals surface area contributed by atoms with Crippen LogP contribution in [-0.2, 0) is 0 Å². The summed E-state index contributed by atoms with van der Waals surface area (Å²) >= 11 is 0. The standard InChI is InChI=1S/C7H12O/c8-5-6-3-7(4-6)1-2-7/h6,8H,1-5H2. The highest BCUT2D eigenvalue weighted by Crippen LogP contribution is 2.62. The van der Waals surface area contributed by atoms with E-state index in [1.807, 2.05) is 0 Å². The van der Waals surface area contributed by atoms with Gasteiger partial charge in [0.1, 0.15) is 0 Å². The Labute approximate surface area is 49.7 Å². The predicted octanol–water partition coefficient (Wildman–Crippen LogP) is 1.17. The Kier molecular flexibility index (Phi) is 0.762. The first-order chi connectivity index (χ1) is 3.85. The highest BCUT2D eigenvalue weighted by molar-refractivity contribution is 5.03. The summed E-state index contributed by atoms with van der Waals surface area (Å²) in [5, 5.41) is 8.65. The smallest absolute Gasteiger partial charge is 0.0459 e. The van der Waals surface area contributed by atoms with Crippen LogP contribution in [0.4, 0.5) is 0 Å². The molecular formula is C7H12O. The molecule has 0 aromatic heterocycles. The molecular weight excluding hydrogens is 100 g/mol. The Morgan fingerprint density at radius 3 is 2.38 bits per heavy atom. The third kappa shape index (κ3) is 0.510. The lowest BCUT2D eigenvalue weighted by Crippen LogP contribution is -2.27. The molecule has 0 aromatic rings. The van der Waals surface area contributed by atoms with Crippen LogP contribution in [0.1, 0.15) is 25.7 Å². The fourth-order valence-electron chi connectivity index (χ4n) is 1.88. The molecule has 46 valence electrons. The first-order valence-electron chi connectivity index (χ1n) is 3.46. The Hall–Kier alpha value is -0.0400. The lowest BCUT2D eigenvalue weighted by molar-refractivity contribution is 0.0920. The first-order valence-corrected chi connectivity index (χ1v) is 3.46. The second kappa shape index (κ2) is 1.27. The van der Waals surface area contributed by atoms with Crippen molar-refractivity contribution >= 4 is 0 Å². The third-order valence-corrected chi connectivity index (χ3v) is 2.66. The van der Waals surface area contributed by atoms with Crippen LogP contribution < -0.4 is 0 Å². The third-order valence-electron chi connectivity index (χ3n) is 2.66. The summed E-state index contributed by atoms with van der Waals surface area (Å²) in [5.41, 5.74) is 0.785. The second-order valence-corrected chi connectivity index (χ2v) is 3.46. The summed E-state index contributed by atoms with van der Waals surface area (Å²) in [4.78, 5) is 0. The molecule has 2 rings (SSSR count). The molecule has 1 heteroatoms. The number of aliphatic hydroxyl groups is 1. The summed E-state index contributed by atoms with van der Waals surface area (Å²) in [5.74, 6) is 0.678. The maximum atomic E-state index is 8.65. The van der Waals surface area contributed by atoms with Gasteiger partial charge >= 0.3 is 0 Å². The molecule has 0 unspecified atom stereocenters. The van der Waals surface area contributed by atoms with Gasteiger partial charge < -0.3 is 5.11 Å². The largest absolute Gasteiger partial charge is 0.396 e. The predicted molar refractivity (Wildman–Crippen MR) is 31.5 cm³/mol. The Balaban J connectivity index is 1.84. The summed E-state index contributed by atoms with van der Waals surface area (Å²) in [6, 6.07) is 0. The molecule has 0 heterocycles. The fourth-order valence-corrected chi connectivity index (χ4v) is 1.88. The van der Waals surface area contributed by atoms with Crippen molar-refractivity contribution < 1.29 is 5.11 Å². The van der Waals surface area contributed by atoms with E-state index in [9.17, 15) is 0 Å². The molecule has 0 aliphatic heterocycles. The molecule has 1 N–H and O–H groups in total. The summed E-state index contributed by atoms with van der Waals surface area (Å²) in [7, 11) is 0. The molecule has 2 aliphatic rings. The number of hydrogen-bond donors (Lipinski definition) is 1.